The Balaban J connectivity index is 2.75. The zero-order valence-electron chi connectivity index (χ0n) is 12.3. The lowest BCUT2D eigenvalue weighted by atomic mass is 10.0. The van der Waals surface area contributed by atoms with E-state index in [9.17, 15) is 14.9 Å². The van der Waals surface area contributed by atoms with Crippen LogP contribution in [0.4, 0.5) is 5.69 Å². The van der Waals surface area contributed by atoms with E-state index >= 15 is 0 Å². The topological polar surface area (TPSA) is 81.5 Å². The van der Waals surface area contributed by atoms with Gasteiger partial charge in [0.2, 0.25) is 0 Å². The minimum absolute atomic E-state index is 0.0598. The van der Waals surface area contributed by atoms with E-state index in [-0.39, 0.29) is 11.7 Å². The smallest absolute Gasteiger partial charge is 0.322 e. The van der Waals surface area contributed by atoms with Crippen molar-refractivity contribution in [2.75, 3.05) is 7.11 Å². The Morgan fingerprint density at radius 3 is 2.62 bits per heavy atom. The average Bonchev–Trinajstić information content (AvgIpc) is 2.42. The first kappa shape index (κ1) is 17.4. The van der Waals surface area contributed by atoms with Crippen LogP contribution in [0.25, 0.3) is 0 Å². The first-order valence-corrected chi connectivity index (χ1v) is 6.97. The van der Waals surface area contributed by atoms with Crippen LogP contribution in [0.1, 0.15) is 25.8 Å². The minimum Gasteiger partial charge on any atom is -0.468 e. The molecule has 0 aliphatic heterocycles. The summed E-state index contributed by atoms with van der Waals surface area (Å²) in [5, 5.41) is 14.0. The third kappa shape index (κ3) is 5.32. The van der Waals surface area contributed by atoms with Crippen molar-refractivity contribution in [2.45, 2.75) is 32.9 Å². The number of hydrogen-bond donors (Lipinski definition) is 1. The van der Waals surface area contributed by atoms with Gasteiger partial charge in [0, 0.05) is 18.7 Å². The van der Waals surface area contributed by atoms with Crippen LogP contribution in [0, 0.1) is 16.0 Å². The highest BCUT2D eigenvalue weighted by atomic mass is 35.5. The van der Waals surface area contributed by atoms with Gasteiger partial charge in [-0.25, -0.2) is 0 Å². The van der Waals surface area contributed by atoms with Crippen molar-refractivity contribution in [2.24, 2.45) is 5.92 Å². The molecule has 7 heteroatoms. The summed E-state index contributed by atoms with van der Waals surface area (Å²) in [6.07, 6.45) is 0.636. The molecule has 1 aromatic carbocycles. The van der Waals surface area contributed by atoms with Gasteiger partial charge < -0.3 is 10.1 Å². The fourth-order valence-electron chi connectivity index (χ4n) is 1.90. The van der Waals surface area contributed by atoms with Crippen LogP contribution >= 0.6 is 11.6 Å². The van der Waals surface area contributed by atoms with Crippen molar-refractivity contribution in [1.29, 1.82) is 0 Å². The van der Waals surface area contributed by atoms with Crippen molar-refractivity contribution in [3.8, 4) is 0 Å². The fourth-order valence-corrected chi connectivity index (χ4v) is 2.14. The van der Waals surface area contributed by atoms with Crippen LogP contribution in [0.15, 0.2) is 18.2 Å². The van der Waals surface area contributed by atoms with Gasteiger partial charge in [0.25, 0.3) is 5.69 Å². The van der Waals surface area contributed by atoms with Crippen molar-refractivity contribution in [3.05, 3.63) is 38.9 Å². The second-order valence-electron chi connectivity index (χ2n) is 5.12. The molecule has 0 radical (unpaired) electrons. The summed E-state index contributed by atoms with van der Waals surface area (Å²) < 4.78 is 4.76. The SMILES string of the molecule is COC(=O)C(CC(C)C)NCc1ccc([N+](=O)[O-])cc1Cl. The van der Waals surface area contributed by atoms with Crippen LogP contribution in [0.2, 0.25) is 5.02 Å². The summed E-state index contributed by atoms with van der Waals surface area (Å²) in [6.45, 7) is 4.36. The van der Waals surface area contributed by atoms with Gasteiger partial charge in [-0.05, 0) is 24.0 Å². The average molecular weight is 315 g/mol. The van der Waals surface area contributed by atoms with Crippen LogP contribution in [-0.2, 0) is 16.1 Å². The van der Waals surface area contributed by atoms with Gasteiger partial charge in [0.1, 0.15) is 6.04 Å². The predicted molar refractivity (Wildman–Crippen MR) is 80.2 cm³/mol. The molecule has 0 aliphatic carbocycles. The van der Waals surface area contributed by atoms with Crippen LogP contribution in [-0.4, -0.2) is 24.0 Å². The highest BCUT2D eigenvalue weighted by Crippen LogP contribution is 2.22. The number of methoxy groups -OCH3 is 1. The Hall–Kier alpha value is -1.66. The molecule has 0 aliphatic rings. The Bertz CT molecular complexity index is 520. The fraction of sp³-hybridized carbons (Fsp3) is 0.500. The molecule has 1 rings (SSSR count). The second-order valence-corrected chi connectivity index (χ2v) is 5.53. The molecule has 1 N–H and O–H groups in total. The highest BCUT2D eigenvalue weighted by molar-refractivity contribution is 6.31. The summed E-state index contributed by atoms with van der Waals surface area (Å²) >= 11 is 6.02. The Labute approximate surface area is 128 Å². The summed E-state index contributed by atoms with van der Waals surface area (Å²) in [5.74, 6) is -0.00401. The quantitative estimate of drug-likeness (QED) is 0.475. The molecule has 0 bridgehead atoms. The lowest BCUT2D eigenvalue weighted by Crippen LogP contribution is -2.38. The first-order chi connectivity index (χ1) is 9.85. The number of nitrogens with zero attached hydrogens (tertiary/aromatic N) is 1. The van der Waals surface area contributed by atoms with Crippen LogP contribution in [0.3, 0.4) is 0 Å². The van der Waals surface area contributed by atoms with Gasteiger partial charge in [-0.3, -0.25) is 14.9 Å². The molecule has 1 unspecified atom stereocenters. The maximum atomic E-state index is 11.7. The van der Waals surface area contributed by atoms with Crippen LogP contribution < -0.4 is 5.32 Å². The third-order valence-electron chi connectivity index (χ3n) is 2.98. The summed E-state index contributed by atoms with van der Waals surface area (Å²) in [7, 11) is 1.34. The van der Waals surface area contributed by atoms with Gasteiger partial charge in [-0.2, -0.15) is 0 Å². The predicted octanol–water partition coefficient (Wildman–Crippen LogP) is 2.93. The second kappa shape index (κ2) is 7.95. The number of carbonyl (C=O) groups is 1. The maximum absolute atomic E-state index is 11.7. The van der Waals surface area contributed by atoms with Crippen molar-refractivity contribution >= 4 is 23.3 Å². The van der Waals surface area contributed by atoms with E-state index in [1.54, 1.807) is 6.07 Å². The number of ether oxygens (including phenoxy) is 1. The van der Waals surface area contributed by atoms with E-state index in [2.05, 4.69) is 5.32 Å². The number of nitro benzene ring substituents is 1. The first-order valence-electron chi connectivity index (χ1n) is 6.59. The largest absolute Gasteiger partial charge is 0.468 e. The zero-order chi connectivity index (χ0) is 16.0. The van der Waals surface area contributed by atoms with E-state index in [4.69, 9.17) is 16.3 Å². The van der Waals surface area contributed by atoms with Gasteiger partial charge in [-0.1, -0.05) is 25.4 Å². The van der Waals surface area contributed by atoms with Gasteiger partial charge in [-0.15, -0.1) is 0 Å². The monoisotopic (exact) mass is 314 g/mol. The molecule has 21 heavy (non-hydrogen) atoms. The lowest BCUT2D eigenvalue weighted by Gasteiger charge is -2.18. The summed E-state index contributed by atoms with van der Waals surface area (Å²) in [4.78, 5) is 21.8. The lowest BCUT2D eigenvalue weighted by molar-refractivity contribution is -0.384. The number of carbonyl (C=O) groups excluding carboxylic acids is 1. The van der Waals surface area contributed by atoms with Gasteiger partial charge in [0.05, 0.1) is 17.1 Å². The van der Waals surface area contributed by atoms with Crippen molar-refractivity contribution in [1.82, 2.24) is 5.32 Å². The highest BCUT2D eigenvalue weighted by Gasteiger charge is 2.20. The van der Waals surface area contributed by atoms with Gasteiger partial charge >= 0.3 is 5.97 Å². The molecule has 0 amide bonds. The maximum Gasteiger partial charge on any atom is 0.322 e. The molecule has 116 valence electrons. The molecule has 6 nitrogen and oxygen atoms in total. The summed E-state index contributed by atoms with van der Waals surface area (Å²) in [5.41, 5.74) is 0.635. The zero-order valence-corrected chi connectivity index (χ0v) is 13.0. The molecular formula is C14H19ClN2O4. The van der Waals surface area contributed by atoms with E-state index < -0.39 is 11.0 Å². The van der Waals surface area contributed by atoms with E-state index in [1.807, 2.05) is 13.8 Å². The summed E-state index contributed by atoms with van der Waals surface area (Å²) in [6, 6.07) is 3.84. The van der Waals surface area contributed by atoms with E-state index in [0.717, 1.165) is 0 Å². The Kier molecular flexibility index (Phi) is 6.58. The van der Waals surface area contributed by atoms with Crippen molar-refractivity contribution < 1.29 is 14.5 Å². The molecule has 0 aromatic heterocycles. The molecule has 0 saturated carbocycles. The van der Waals surface area contributed by atoms with E-state index in [1.165, 1.54) is 19.2 Å². The number of nitro groups is 1. The minimum atomic E-state index is -0.501. The molecule has 0 heterocycles. The third-order valence-corrected chi connectivity index (χ3v) is 3.33. The number of rotatable bonds is 7. The standard InChI is InChI=1S/C14H19ClN2O4/c1-9(2)6-13(14(18)21-3)16-8-10-4-5-11(17(19)20)7-12(10)15/h4-5,7,9,13,16H,6,8H2,1-3H3. The number of esters is 1. The molecule has 0 saturated heterocycles. The number of benzene rings is 1. The normalized spacial score (nSPS) is 12.2. The molecular weight excluding hydrogens is 296 g/mol. The Morgan fingerprint density at radius 2 is 2.14 bits per heavy atom. The van der Waals surface area contributed by atoms with Crippen LogP contribution in [0.5, 0.6) is 0 Å². The number of non-ortho nitro benzene ring substituents is 1. The Morgan fingerprint density at radius 1 is 1.48 bits per heavy atom. The number of hydrogen-bond acceptors (Lipinski definition) is 5. The molecule has 1 aromatic rings. The number of nitrogens with one attached hydrogen (secondary N) is 1. The molecule has 1 atom stereocenters. The van der Waals surface area contributed by atoms with E-state index in [0.29, 0.717) is 29.5 Å². The molecule has 0 spiro atoms. The van der Waals surface area contributed by atoms with Gasteiger partial charge in [0.15, 0.2) is 0 Å². The molecule has 0 fully saturated rings. The number of halogens is 1. The van der Waals surface area contributed by atoms with Crippen molar-refractivity contribution in [3.63, 3.8) is 0 Å².